The van der Waals surface area contributed by atoms with E-state index in [4.69, 9.17) is 0 Å². The highest BCUT2D eigenvalue weighted by atomic mass is 14.3. The Morgan fingerprint density at radius 3 is 0.692 bits per heavy atom. The summed E-state index contributed by atoms with van der Waals surface area (Å²) in [6.45, 7) is 37.1. The summed E-state index contributed by atoms with van der Waals surface area (Å²) in [5.41, 5.74) is 0. The average Bonchev–Trinajstić information content (AvgIpc) is 2.76. The molecule has 39 heavy (non-hydrogen) atoms. The van der Waals surface area contributed by atoms with Gasteiger partial charge in [-0.05, 0) is 141 Å². The Hall–Kier alpha value is 0. The molecule has 0 spiro atoms. The van der Waals surface area contributed by atoms with Crippen molar-refractivity contribution in [2.24, 2.45) is 76.9 Å². The second kappa shape index (κ2) is 20.8. The molecular formula is C39H80. The highest BCUT2D eigenvalue weighted by molar-refractivity contribution is 4.73. The van der Waals surface area contributed by atoms with E-state index in [0.29, 0.717) is 0 Å². The molecule has 0 aliphatic rings. The summed E-state index contributed by atoms with van der Waals surface area (Å²) >= 11 is 0. The Morgan fingerprint density at radius 2 is 0.487 bits per heavy atom. The number of rotatable bonds is 23. The zero-order valence-electron chi connectivity index (χ0n) is 30.3. The predicted octanol–water partition coefficient (Wildman–Crippen LogP) is 13.6. The van der Waals surface area contributed by atoms with Crippen molar-refractivity contribution in [3.8, 4) is 0 Å². The Bertz CT molecular complexity index is 562. The van der Waals surface area contributed by atoms with Crippen LogP contribution in [0.5, 0.6) is 0 Å². The fraction of sp³-hybridized carbons (Fsp3) is 1.00. The molecule has 0 heterocycles. The lowest BCUT2D eigenvalue weighted by molar-refractivity contribution is 0.224. The van der Waals surface area contributed by atoms with Crippen LogP contribution in [-0.2, 0) is 0 Å². The van der Waals surface area contributed by atoms with Gasteiger partial charge in [0.1, 0.15) is 0 Å². The van der Waals surface area contributed by atoms with Crippen molar-refractivity contribution in [3.63, 3.8) is 0 Å². The summed E-state index contributed by atoms with van der Waals surface area (Å²) in [6.07, 6.45) is 15.5. The molecule has 0 aromatic rings. The van der Waals surface area contributed by atoms with Crippen LogP contribution in [0.15, 0.2) is 0 Å². The molecule has 0 saturated carbocycles. The maximum absolute atomic E-state index is 2.53. The van der Waals surface area contributed by atoms with Crippen molar-refractivity contribution in [1.29, 1.82) is 0 Å². The molecule has 0 nitrogen and oxygen atoms in total. The molecule has 0 bridgehead atoms. The van der Waals surface area contributed by atoms with E-state index in [2.05, 4.69) is 104 Å². The van der Waals surface area contributed by atoms with Gasteiger partial charge in [0.25, 0.3) is 0 Å². The lowest BCUT2D eigenvalue weighted by Crippen LogP contribution is -2.18. The maximum Gasteiger partial charge on any atom is -0.0394 e. The van der Waals surface area contributed by atoms with Gasteiger partial charge in [-0.3, -0.25) is 0 Å². The van der Waals surface area contributed by atoms with Gasteiger partial charge in [-0.25, -0.2) is 0 Å². The van der Waals surface area contributed by atoms with Gasteiger partial charge >= 0.3 is 0 Å². The quantitative estimate of drug-likeness (QED) is 0.119. The third-order valence-electron chi connectivity index (χ3n) is 10.7. The van der Waals surface area contributed by atoms with E-state index in [0.717, 1.165) is 76.9 Å². The molecule has 0 fully saturated rings. The second-order valence-corrected chi connectivity index (χ2v) is 16.9. The molecule has 12 atom stereocenters. The van der Waals surface area contributed by atoms with Crippen LogP contribution in [0.4, 0.5) is 0 Å². The predicted molar refractivity (Wildman–Crippen MR) is 181 cm³/mol. The summed E-state index contributed by atoms with van der Waals surface area (Å²) in [6, 6.07) is 0. The van der Waals surface area contributed by atoms with E-state index in [1.807, 2.05) is 0 Å². The zero-order valence-corrected chi connectivity index (χ0v) is 30.3. The van der Waals surface area contributed by atoms with Gasteiger partial charge in [0.15, 0.2) is 0 Å². The van der Waals surface area contributed by atoms with E-state index >= 15 is 0 Å². The molecule has 0 radical (unpaired) electrons. The molecule has 0 amide bonds. The lowest BCUT2D eigenvalue weighted by atomic mass is 9.77. The number of hydrogen-bond acceptors (Lipinski definition) is 0. The molecule has 236 valence electrons. The highest BCUT2D eigenvalue weighted by Crippen LogP contribution is 2.33. The molecule has 0 aliphatic heterocycles. The first-order valence-electron chi connectivity index (χ1n) is 18.0. The molecule has 12 unspecified atom stereocenters. The summed E-state index contributed by atoms with van der Waals surface area (Å²) < 4.78 is 0. The van der Waals surface area contributed by atoms with E-state index in [9.17, 15) is 0 Å². The highest BCUT2D eigenvalue weighted by Gasteiger charge is 2.22. The monoisotopic (exact) mass is 549 g/mol. The maximum atomic E-state index is 2.53. The van der Waals surface area contributed by atoms with Gasteiger partial charge in [-0.2, -0.15) is 0 Å². The standard InChI is InChI=1S/C39H80/c1-16-28(4)17-29(5)18-30(6)19-31(7)20-32(8)21-33(9)22-34(10)23-35(11)24-36(12)25-37(13)26-38(14)39(15)27(2)3/h27-39H,16-26H2,1-15H3. The third-order valence-corrected chi connectivity index (χ3v) is 10.7. The van der Waals surface area contributed by atoms with Crippen molar-refractivity contribution in [3.05, 3.63) is 0 Å². The topological polar surface area (TPSA) is 0 Å². The van der Waals surface area contributed by atoms with Crippen LogP contribution in [0, 0.1) is 76.9 Å². The van der Waals surface area contributed by atoms with Gasteiger partial charge in [0.2, 0.25) is 0 Å². The Labute approximate surface area is 251 Å². The average molecular weight is 549 g/mol. The van der Waals surface area contributed by atoms with Gasteiger partial charge < -0.3 is 0 Å². The second-order valence-electron chi connectivity index (χ2n) is 16.9. The molecule has 0 rings (SSSR count). The van der Waals surface area contributed by atoms with Gasteiger partial charge in [-0.15, -0.1) is 0 Å². The molecular weight excluding hydrogens is 468 g/mol. The van der Waals surface area contributed by atoms with Crippen molar-refractivity contribution in [2.45, 2.75) is 174 Å². The minimum atomic E-state index is 0.807. The van der Waals surface area contributed by atoms with Crippen LogP contribution in [0.25, 0.3) is 0 Å². The Kier molecular flexibility index (Phi) is 20.8. The summed E-state index contributed by atoms with van der Waals surface area (Å²) in [7, 11) is 0. The van der Waals surface area contributed by atoms with E-state index < -0.39 is 0 Å². The van der Waals surface area contributed by atoms with Crippen LogP contribution in [-0.4, -0.2) is 0 Å². The summed E-state index contributed by atoms with van der Waals surface area (Å²) in [5.74, 6) is 11.2. The minimum Gasteiger partial charge on any atom is -0.0651 e. The first kappa shape index (κ1) is 39.0. The Morgan fingerprint density at radius 1 is 0.282 bits per heavy atom. The number of hydrogen-bond donors (Lipinski definition) is 0. The largest absolute Gasteiger partial charge is 0.0651 e. The summed E-state index contributed by atoms with van der Waals surface area (Å²) in [5, 5.41) is 0. The van der Waals surface area contributed by atoms with Crippen molar-refractivity contribution in [1.82, 2.24) is 0 Å². The Balaban J connectivity index is 4.30. The molecule has 0 saturated heterocycles. The van der Waals surface area contributed by atoms with E-state index in [1.165, 1.54) is 70.6 Å². The van der Waals surface area contributed by atoms with Crippen molar-refractivity contribution >= 4 is 0 Å². The van der Waals surface area contributed by atoms with Crippen LogP contribution >= 0.6 is 0 Å². The van der Waals surface area contributed by atoms with E-state index in [-0.39, 0.29) is 0 Å². The lowest BCUT2D eigenvalue weighted by Gasteiger charge is -2.28. The molecule has 0 aliphatic carbocycles. The fourth-order valence-electron chi connectivity index (χ4n) is 8.72. The summed E-state index contributed by atoms with van der Waals surface area (Å²) in [4.78, 5) is 0. The third kappa shape index (κ3) is 19.7. The molecule has 0 N–H and O–H groups in total. The van der Waals surface area contributed by atoms with Gasteiger partial charge in [0.05, 0.1) is 0 Å². The molecule has 0 heteroatoms. The van der Waals surface area contributed by atoms with Crippen LogP contribution in [0.2, 0.25) is 0 Å². The van der Waals surface area contributed by atoms with Crippen LogP contribution in [0.1, 0.15) is 174 Å². The van der Waals surface area contributed by atoms with Crippen LogP contribution < -0.4 is 0 Å². The smallest absolute Gasteiger partial charge is 0.0394 e. The van der Waals surface area contributed by atoms with Crippen LogP contribution in [0.3, 0.4) is 0 Å². The fourth-order valence-corrected chi connectivity index (χ4v) is 8.72. The normalized spacial score (nSPS) is 21.8. The zero-order chi connectivity index (χ0) is 30.3. The van der Waals surface area contributed by atoms with Gasteiger partial charge in [-0.1, -0.05) is 110 Å². The first-order valence-corrected chi connectivity index (χ1v) is 18.0. The SMILES string of the molecule is CCC(C)CC(C)CC(C)CC(C)CC(C)CC(C)CC(C)CC(C)CC(C)CC(C)CC(C)C(C)C(C)C. The van der Waals surface area contributed by atoms with Crippen molar-refractivity contribution in [2.75, 3.05) is 0 Å². The first-order chi connectivity index (χ1) is 18.0. The molecule has 0 aromatic heterocycles. The minimum absolute atomic E-state index is 0.807. The molecule has 0 aromatic carbocycles. The van der Waals surface area contributed by atoms with Crippen molar-refractivity contribution < 1.29 is 0 Å². The van der Waals surface area contributed by atoms with E-state index in [1.54, 1.807) is 0 Å². The van der Waals surface area contributed by atoms with Gasteiger partial charge in [0, 0.05) is 0 Å².